The first-order valence-electron chi connectivity index (χ1n) is 13.5. The Labute approximate surface area is 258 Å². The molecule has 0 aliphatic carbocycles. The summed E-state index contributed by atoms with van der Waals surface area (Å²) in [6, 6.07) is 35.0. The first-order chi connectivity index (χ1) is 19.4. The summed E-state index contributed by atoms with van der Waals surface area (Å²) in [5.41, 5.74) is 7.16. The van der Waals surface area contributed by atoms with Gasteiger partial charge in [0.05, 0.1) is 5.58 Å². The van der Waals surface area contributed by atoms with Gasteiger partial charge >= 0.3 is 0 Å². The third-order valence-corrected chi connectivity index (χ3v) is 8.40. The van der Waals surface area contributed by atoms with Gasteiger partial charge in [0.15, 0.2) is 0 Å². The Morgan fingerprint density at radius 2 is 1.56 bits per heavy atom. The quantitative estimate of drug-likeness (QED) is 0.170. The van der Waals surface area contributed by atoms with Crippen molar-refractivity contribution in [2.24, 2.45) is 5.41 Å². The molecule has 0 fully saturated rings. The Morgan fingerprint density at radius 3 is 2.32 bits per heavy atom. The van der Waals surface area contributed by atoms with Crippen LogP contribution in [0.3, 0.4) is 0 Å². The monoisotopic (exact) mass is 731 g/mol. The van der Waals surface area contributed by atoms with E-state index in [0.29, 0.717) is 5.92 Å². The molecule has 0 N–H and O–H groups in total. The fourth-order valence-electron chi connectivity index (χ4n) is 4.86. The van der Waals surface area contributed by atoms with Gasteiger partial charge in [-0.05, 0) is 52.4 Å². The third kappa shape index (κ3) is 5.89. The second-order valence-electron chi connectivity index (χ2n) is 11.0. The van der Waals surface area contributed by atoms with E-state index in [4.69, 9.17) is 4.42 Å². The molecule has 41 heavy (non-hydrogen) atoms. The van der Waals surface area contributed by atoms with Crippen LogP contribution in [0.2, 0.25) is 0 Å². The van der Waals surface area contributed by atoms with Crippen molar-refractivity contribution in [2.75, 3.05) is 0 Å². The number of furan rings is 1. The molecular weight excluding hydrogens is 701 g/mol. The van der Waals surface area contributed by atoms with Crippen LogP contribution < -0.4 is 0 Å². The summed E-state index contributed by atoms with van der Waals surface area (Å²) in [7, 11) is 0. The van der Waals surface area contributed by atoms with Crippen LogP contribution in [0.5, 0.6) is 0 Å². The van der Waals surface area contributed by atoms with Gasteiger partial charge in [0.1, 0.15) is 5.58 Å². The first-order valence-corrected chi connectivity index (χ1v) is 14.4. The number of rotatable bonds is 3. The van der Waals surface area contributed by atoms with Gasteiger partial charge in [0.25, 0.3) is 0 Å². The number of pyridine rings is 2. The molecule has 0 saturated carbocycles. The molecule has 4 aromatic heterocycles. The topological polar surface area (TPSA) is 38.9 Å². The maximum atomic E-state index is 6.41. The van der Waals surface area contributed by atoms with Crippen LogP contribution in [-0.4, -0.2) is 9.97 Å². The van der Waals surface area contributed by atoms with Crippen molar-refractivity contribution < 1.29 is 24.5 Å². The maximum absolute atomic E-state index is 6.41. The van der Waals surface area contributed by atoms with Crippen LogP contribution in [0.1, 0.15) is 39.2 Å². The van der Waals surface area contributed by atoms with E-state index in [0.717, 1.165) is 44.5 Å². The van der Waals surface area contributed by atoms with E-state index in [1.807, 2.05) is 54.7 Å². The standard InChI is InChI=1S/C25H22NOS.C11H8N.Ir/c1-15(25(2,3)4)16-10-12-26-21(14-16)19-7-5-6-17-18-8-9-22-20(11-13-28-22)24(18)27-23(17)19;1-2-6-10(7-3-1)11-8-4-5-9-12-11;/h5-6,8-15H,1-4H3;1-6,8-9H;/q2*-1;. The molecule has 7 rings (SSSR count). The summed E-state index contributed by atoms with van der Waals surface area (Å²) in [6.07, 6.45) is 3.69. The second-order valence-corrected chi connectivity index (χ2v) is 12.0. The van der Waals surface area contributed by atoms with Crippen LogP contribution in [0, 0.1) is 17.5 Å². The van der Waals surface area contributed by atoms with Crippen molar-refractivity contribution in [3.63, 3.8) is 0 Å². The molecule has 0 bridgehead atoms. The predicted molar refractivity (Wildman–Crippen MR) is 168 cm³/mol. The minimum atomic E-state index is 0. The van der Waals surface area contributed by atoms with E-state index < -0.39 is 0 Å². The van der Waals surface area contributed by atoms with Crippen molar-refractivity contribution in [1.29, 1.82) is 0 Å². The molecule has 0 saturated heterocycles. The van der Waals surface area contributed by atoms with Gasteiger partial charge in [-0.25, -0.2) is 0 Å². The molecule has 1 radical (unpaired) electrons. The number of nitrogens with zero attached hydrogens (tertiary/aromatic N) is 2. The van der Waals surface area contributed by atoms with E-state index in [-0.39, 0.29) is 25.5 Å². The molecule has 7 aromatic rings. The van der Waals surface area contributed by atoms with Crippen molar-refractivity contribution in [2.45, 2.75) is 33.6 Å². The fourth-order valence-corrected chi connectivity index (χ4v) is 5.65. The summed E-state index contributed by atoms with van der Waals surface area (Å²) in [5.74, 6) is 0.426. The Kier molecular flexibility index (Phi) is 8.51. The normalized spacial score (nSPS) is 12.1. The number of benzene rings is 3. The Hall–Kier alpha value is -3.63. The van der Waals surface area contributed by atoms with Crippen molar-refractivity contribution >= 4 is 43.4 Å². The minimum absolute atomic E-state index is 0. The molecule has 0 spiro atoms. The van der Waals surface area contributed by atoms with Crippen molar-refractivity contribution in [1.82, 2.24) is 9.97 Å². The number of thiophene rings is 1. The van der Waals surface area contributed by atoms with Gasteiger partial charge in [0.2, 0.25) is 0 Å². The van der Waals surface area contributed by atoms with Crippen LogP contribution in [0.4, 0.5) is 0 Å². The zero-order chi connectivity index (χ0) is 27.7. The maximum Gasteiger partial charge on any atom is 0.129 e. The first kappa shape index (κ1) is 28.9. The number of hydrogen-bond acceptors (Lipinski definition) is 4. The molecule has 4 heterocycles. The van der Waals surface area contributed by atoms with Gasteiger partial charge in [-0.3, -0.25) is 0 Å². The van der Waals surface area contributed by atoms with Crippen LogP contribution >= 0.6 is 11.3 Å². The summed E-state index contributed by atoms with van der Waals surface area (Å²) >= 11 is 1.74. The van der Waals surface area contributed by atoms with E-state index >= 15 is 0 Å². The van der Waals surface area contributed by atoms with E-state index in [1.54, 1.807) is 17.5 Å². The van der Waals surface area contributed by atoms with Crippen LogP contribution in [0.15, 0.2) is 107 Å². The van der Waals surface area contributed by atoms with Crippen molar-refractivity contribution in [3.8, 4) is 22.5 Å². The van der Waals surface area contributed by atoms with Gasteiger partial charge in [-0.1, -0.05) is 68.5 Å². The van der Waals surface area contributed by atoms with Gasteiger partial charge < -0.3 is 14.4 Å². The number of hydrogen-bond donors (Lipinski definition) is 0. The summed E-state index contributed by atoms with van der Waals surface area (Å²) < 4.78 is 7.66. The molecule has 5 heteroatoms. The van der Waals surface area contributed by atoms with E-state index in [9.17, 15) is 0 Å². The molecule has 1 unspecified atom stereocenters. The minimum Gasteiger partial charge on any atom is -0.500 e. The molecule has 3 aromatic carbocycles. The van der Waals surface area contributed by atoms with E-state index in [2.05, 4.69) is 91.6 Å². The number of fused-ring (bicyclic) bond motifs is 5. The van der Waals surface area contributed by atoms with Gasteiger partial charge in [-0.2, -0.15) is 0 Å². The van der Waals surface area contributed by atoms with Gasteiger partial charge in [-0.15, -0.1) is 65.4 Å². The molecular formula is C36H30IrN2OS-2. The average Bonchev–Trinajstić information content (AvgIpc) is 3.62. The zero-order valence-electron chi connectivity index (χ0n) is 23.4. The zero-order valence-corrected chi connectivity index (χ0v) is 26.6. The Balaban J connectivity index is 0.000000218. The summed E-state index contributed by atoms with van der Waals surface area (Å²) in [6.45, 7) is 9.10. The predicted octanol–water partition coefficient (Wildman–Crippen LogP) is 10.4. The SMILES string of the molecule is CC(c1ccnc(-c2[c-]ccc3c2oc2c4ccsc4ccc32)c1)C(C)(C)C.[Ir].[c-]1ccccc1-c1ccccn1. The summed E-state index contributed by atoms with van der Waals surface area (Å²) in [5, 5.41) is 5.56. The Bertz CT molecular complexity index is 1870. The van der Waals surface area contributed by atoms with Crippen LogP contribution in [-0.2, 0) is 20.1 Å². The average molecular weight is 731 g/mol. The van der Waals surface area contributed by atoms with E-state index in [1.165, 1.54) is 15.6 Å². The third-order valence-electron chi connectivity index (χ3n) is 7.52. The molecule has 3 nitrogen and oxygen atoms in total. The largest absolute Gasteiger partial charge is 0.500 e. The molecule has 0 aliphatic rings. The molecule has 0 amide bonds. The molecule has 1 atom stereocenters. The summed E-state index contributed by atoms with van der Waals surface area (Å²) in [4.78, 5) is 8.88. The fraction of sp³-hybridized carbons (Fsp3) is 0.167. The van der Waals surface area contributed by atoms with Crippen molar-refractivity contribution in [3.05, 3.63) is 120 Å². The molecule has 207 valence electrons. The van der Waals surface area contributed by atoms with Crippen LogP contribution in [0.25, 0.3) is 54.5 Å². The number of aromatic nitrogens is 2. The smallest absolute Gasteiger partial charge is 0.129 e. The second kappa shape index (κ2) is 12.1. The Morgan fingerprint density at radius 1 is 0.756 bits per heavy atom. The molecule has 0 aliphatic heterocycles. The van der Waals surface area contributed by atoms with Gasteiger partial charge in [0, 0.05) is 48.0 Å².